The molecule has 0 saturated heterocycles. The first-order valence-corrected chi connectivity index (χ1v) is 7.16. The molecular weight excluding hydrogens is 292 g/mol. The standard InChI is InChI=1S/C18H18N2O3/c1-4-8-20-18(21)15(11-19)10-14-9-13-6-5-7-16(22-3)17(13)23-12(14)2/h4-7,9-10,12H,1,8H2,2-3H3,(H,20,21). The normalized spacial score (nSPS) is 16.3. The van der Waals surface area contributed by atoms with Crippen molar-refractivity contribution >= 4 is 12.0 Å². The van der Waals surface area contributed by atoms with Gasteiger partial charge in [0.05, 0.1) is 7.11 Å². The number of methoxy groups -OCH3 is 1. The molecule has 0 spiro atoms. The molecule has 1 aromatic carbocycles. The predicted molar refractivity (Wildman–Crippen MR) is 88.0 cm³/mol. The van der Waals surface area contributed by atoms with Gasteiger partial charge in [0.15, 0.2) is 11.5 Å². The van der Waals surface area contributed by atoms with Crippen LogP contribution in [0.25, 0.3) is 6.08 Å². The minimum Gasteiger partial charge on any atom is -0.493 e. The van der Waals surface area contributed by atoms with E-state index in [1.165, 1.54) is 0 Å². The Bertz CT molecular complexity index is 726. The minimum absolute atomic E-state index is 0.0277. The second-order valence-electron chi connectivity index (χ2n) is 4.95. The number of fused-ring (bicyclic) bond motifs is 1. The van der Waals surface area contributed by atoms with Crippen LogP contribution in [0.15, 0.2) is 48.1 Å². The SMILES string of the molecule is C=CCNC(=O)C(C#N)=CC1=Cc2cccc(OC)c2OC1C. The van der Waals surface area contributed by atoms with Gasteiger partial charge >= 0.3 is 0 Å². The zero-order valence-electron chi connectivity index (χ0n) is 13.1. The van der Waals surface area contributed by atoms with Crippen LogP contribution in [0.1, 0.15) is 12.5 Å². The Balaban J connectivity index is 2.36. The molecule has 0 bridgehead atoms. The maximum atomic E-state index is 11.9. The van der Waals surface area contributed by atoms with Crippen LogP contribution in [-0.4, -0.2) is 25.7 Å². The summed E-state index contributed by atoms with van der Waals surface area (Å²) in [6.45, 7) is 5.69. The van der Waals surface area contributed by atoms with Crippen molar-refractivity contribution in [3.63, 3.8) is 0 Å². The fourth-order valence-electron chi connectivity index (χ4n) is 2.21. The molecule has 0 saturated carbocycles. The van der Waals surface area contributed by atoms with Crippen molar-refractivity contribution in [2.75, 3.05) is 13.7 Å². The lowest BCUT2D eigenvalue weighted by molar-refractivity contribution is -0.116. The molecule has 118 valence electrons. The van der Waals surface area contributed by atoms with E-state index >= 15 is 0 Å². The molecule has 1 aliphatic rings. The molecular formula is C18H18N2O3. The highest BCUT2D eigenvalue weighted by atomic mass is 16.5. The van der Waals surface area contributed by atoms with Crippen molar-refractivity contribution in [3.8, 4) is 17.6 Å². The summed E-state index contributed by atoms with van der Waals surface area (Å²) in [4.78, 5) is 11.9. The molecule has 5 nitrogen and oxygen atoms in total. The highest BCUT2D eigenvalue weighted by Gasteiger charge is 2.22. The maximum absolute atomic E-state index is 11.9. The summed E-state index contributed by atoms with van der Waals surface area (Å²) >= 11 is 0. The molecule has 1 amide bonds. The van der Waals surface area contributed by atoms with Crippen LogP contribution in [0.4, 0.5) is 0 Å². The van der Waals surface area contributed by atoms with Gasteiger partial charge in [-0.3, -0.25) is 4.79 Å². The van der Waals surface area contributed by atoms with Crippen LogP contribution in [-0.2, 0) is 4.79 Å². The van der Waals surface area contributed by atoms with Gasteiger partial charge in [0.2, 0.25) is 0 Å². The van der Waals surface area contributed by atoms with E-state index in [0.29, 0.717) is 18.0 Å². The molecule has 5 heteroatoms. The predicted octanol–water partition coefficient (Wildman–Crippen LogP) is 2.61. The summed E-state index contributed by atoms with van der Waals surface area (Å²) < 4.78 is 11.2. The average molecular weight is 310 g/mol. The topological polar surface area (TPSA) is 71.4 Å². The second-order valence-corrected chi connectivity index (χ2v) is 4.95. The first-order chi connectivity index (χ1) is 11.1. The lowest BCUT2D eigenvalue weighted by atomic mass is 10.00. The largest absolute Gasteiger partial charge is 0.493 e. The highest BCUT2D eigenvalue weighted by Crippen LogP contribution is 2.38. The van der Waals surface area contributed by atoms with Crippen molar-refractivity contribution in [3.05, 3.63) is 53.6 Å². The Kier molecular flexibility index (Phi) is 5.21. The number of hydrogen-bond acceptors (Lipinski definition) is 4. The molecule has 1 heterocycles. The van der Waals surface area contributed by atoms with E-state index < -0.39 is 5.91 Å². The number of carbonyl (C=O) groups is 1. The van der Waals surface area contributed by atoms with Gasteiger partial charge in [0.25, 0.3) is 5.91 Å². The molecule has 1 N–H and O–H groups in total. The first-order valence-electron chi connectivity index (χ1n) is 7.16. The van der Waals surface area contributed by atoms with Crippen LogP contribution in [0.3, 0.4) is 0 Å². The molecule has 0 aliphatic carbocycles. The number of amides is 1. The quantitative estimate of drug-likeness (QED) is 0.515. The van der Waals surface area contributed by atoms with Crippen LogP contribution >= 0.6 is 0 Å². The van der Waals surface area contributed by atoms with Gasteiger partial charge in [-0.1, -0.05) is 18.2 Å². The number of para-hydroxylation sites is 1. The first kappa shape index (κ1) is 16.4. The lowest BCUT2D eigenvalue weighted by Gasteiger charge is -2.24. The number of nitriles is 1. The van der Waals surface area contributed by atoms with Crippen LogP contribution in [0.5, 0.6) is 11.5 Å². The Morgan fingerprint density at radius 2 is 2.35 bits per heavy atom. The van der Waals surface area contributed by atoms with Gasteiger partial charge in [0.1, 0.15) is 17.7 Å². The third-order valence-corrected chi connectivity index (χ3v) is 3.40. The van der Waals surface area contributed by atoms with Crippen LogP contribution < -0.4 is 14.8 Å². The summed E-state index contributed by atoms with van der Waals surface area (Å²) in [5.74, 6) is 0.879. The molecule has 1 aliphatic heterocycles. The van der Waals surface area contributed by atoms with Crippen molar-refractivity contribution in [2.24, 2.45) is 0 Å². The van der Waals surface area contributed by atoms with Gasteiger partial charge in [-0.05, 0) is 30.7 Å². The van der Waals surface area contributed by atoms with E-state index in [-0.39, 0.29) is 11.7 Å². The molecule has 1 aromatic rings. The fraction of sp³-hybridized carbons (Fsp3) is 0.222. The van der Waals surface area contributed by atoms with E-state index in [0.717, 1.165) is 11.1 Å². The Morgan fingerprint density at radius 1 is 1.57 bits per heavy atom. The molecule has 23 heavy (non-hydrogen) atoms. The lowest BCUT2D eigenvalue weighted by Crippen LogP contribution is -2.25. The van der Waals surface area contributed by atoms with Crippen LogP contribution in [0.2, 0.25) is 0 Å². The number of ether oxygens (including phenoxy) is 2. The number of carbonyl (C=O) groups excluding carboxylic acids is 1. The Hall–Kier alpha value is -3.00. The summed E-state index contributed by atoms with van der Waals surface area (Å²) in [7, 11) is 1.58. The van der Waals surface area contributed by atoms with E-state index in [4.69, 9.17) is 9.47 Å². The zero-order chi connectivity index (χ0) is 16.8. The van der Waals surface area contributed by atoms with Gasteiger partial charge in [-0.2, -0.15) is 5.26 Å². The number of nitrogens with one attached hydrogen (secondary N) is 1. The summed E-state index contributed by atoms with van der Waals surface area (Å²) in [5.41, 5.74) is 1.62. The fourth-order valence-corrected chi connectivity index (χ4v) is 2.21. The third-order valence-electron chi connectivity index (χ3n) is 3.40. The Morgan fingerprint density at radius 3 is 3.00 bits per heavy atom. The highest BCUT2D eigenvalue weighted by molar-refractivity contribution is 5.98. The molecule has 0 fully saturated rings. The molecule has 0 radical (unpaired) electrons. The third kappa shape index (κ3) is 3.61. The van der Waals surface area contributed by atoms with Crippen molar-refractivity contribution in [1.82, 2.24) is 5.32 Å². The molecule has 1 atom stereocenters. The number of hydrogen-bond donors (Lipinski definition) is 1. The summed E-state index contributed by atoms with van der Waals surface area (Å²) in [6, 6.07) is 7.49. The van der Waals surface area contributed by atoms with E-state index in [1.54, 1.807) is 19.3 Å². The summed E-state index contributed by atoms with van der Waals surface area (Å²) in [5, 5.41) is 11.8. The smallest absolute Gasteiger partial charge is 0.262 e. The van der Waals surface area contributed by atoms with E-state index in [9.17, 15) is 10.1 Å². The van der Waals surface area contributed by atoms with Crippen molar-refractivity contribution in [2.45, 2.75) is 13.0 Å². The number of rotatable bonds is 5. The maximum Gasteiger partial charge on any atom is 0.262 e. The Labute approximate surface area is 135 Å². The molecule has 1 unspecified atom stereocenters. The van der Waals surface area contributed by atoms with E-state index in [2.05, 4.69) is 11.9 Å². The average Bonchev–Trinajstić information content (AvgIpc) is 2.57. The van der Waals surface area contributed by atoms with Crippen molar-refractivity contribution < 1.29 is 14.3 Å². The summed E-state index contributed by atoms with van der Waals surface area (Å²) in [6.07, 6.45) is 4.70. The minimum atomic E-state index is -0.433. The van der Waals surface area contributed by atoms with Gasteiger partial charge in [-0.25, -0.2) is 0 Å². The van der Waals surface area contributed by atoms with Gasteiger partial charge in [-0.15, -0.1) is 6.58 Å². The number of nitrogens with zero attached hydrogens (tertiary/aromatic N) is 1. The number of benzene rings is 1. The monoisotopic (exact) mass is 310 g/mol. The zero-order valence-corrected chi connectivity index (χ0v) is 13.1. The van der Waals surface area contributed by atoms with Crippen molar-refractivity contribution in [1.29, 1.82) is 5.26 Å². The molecule has 2 rings (SSSR count). The van der Waals surface area contributed by atoms with E-state index in [1.807, 2.05) is 37.3 Å². The molecule has 0 aromatic heterocycles. The second kappa shape index (κ2) is 7.32. The van der Waals surface area contributed by atoms with Gasteiger partial charge < -0.3 is 14.8 Å². The van der Waals surface area contributed by atoms with Gasteiger partial charge in [0, 0.05) is 12.1 Å². The van der Waals surface area contributed by atoms with Crippen LogP contribution in [0, 0.1) is 11.3 Å².